The van der Waals surface area contributed by atoms with Crippen molar-refractivity contribution >= 4 is 17.3 Å². The molecular formula is C20H22F3N5O2. The van der Waals surface area contributed by atoms with E-state index >= 15 is 0 Å². The minimum Gasteiger partial charge on any atom is -0.478 e. The fraction of sp³-hybridized carbons (Fsp3) is 0.400. The van der Waals surface area contributed by atoms with Gasteiger partial charge in [0.15, 0.2) is 0 Å². The van der Waals surface area contributed by atoms with Crippen LogP contribution >= 0.6 is 0 Å². The number of fused-ring (bicyclic) bond motifs is 1. The van der Waals surface area contributed by atoms with E-state index in [-0.39, 0.29) is 29.5 Å². The summed E-state index contributed by atoms with van der Waals surface area (Å²) in [6.45, 7) is 5.69. The number of pyridine rings is 1. The third-order valence-electron chi connectivity index (χ3n) is 5.28. The van der Waals surface area contributed by atoms with E-state index in [1.807, 2.05) is 6.92 Å². The van der Waals surface area contributed by atoms with E-state index in [0.717, 1.165) is 12.6 Å². The predicted octanol–water partition coefficient (Wildman–Crippen LogP) is 2.63. The fourth-order valence-corrected chi connectivity index (χ4v) is 3.91. The van der Waals surface area contributed by atoms with Crippen LogP contribution in [0.4, 0.5) is 18.9 Å². The number of aromatic nitrogens is 2. The highest BCUT2D eigenvalue weighted by molar-refractivity contribution is 5.89. The molecule has 0 aromatic carbocycles. The molecule has 0 saturated carbocycles. The number of rotatable bonds is 3. The molecular weight excluding hydrogens is 399 g/mol. The third kappa shape index (κ3) is 3.74. The number of imidazole rings is 1. The number of nitrogens with one attached hydrogen (secondary N) is 1. The monoisotopic (exact) mass is 421 g/mol. The lowest BCUT2D eigenvalue weighted by molar-refractivity contribution is -0.136. The smallest absolute Gasteiger partial charge is 0.420 e. The summed E-state index contributed by atoms with van der Waals surface area (Å²) in [4.78, 5) is 19.3. The first-order valence-electron chi connectivity index (χ1n) is 9.60. The van der Waals surface area contributed by atoms with E-state index < -0.39 is 17.7 Å². The van der Waals surface area contributed by atoms with Gasteiger partial charge in [-0.1, -0.05) is 0 Å². The second kappa shape index (κ2) is 7.35. The number of anilines is 1. The Morgan fingerprint density at radius 1 is 1.30 bits per heavy atom. The number of carbonyl (C=O) groups is 1. The van der Waals surface area contributed by atoms with Crippen LogP contribution in [0.3, 0.4) is 0 Å². The number of carboxylic acid groups (broad SMARTS) is 1. The Kier molecular flexibility index (Phi) is 4.97. The van der Waals surface area contributed by atoms with Gasteiger partial charge in [0, 0.05) is 38.1 Å². The number of aryl methyl sites for hydroxylation is 1. The van der Waals surface area contributed by atoms with Crippen LogP contribution in [0.25, 0.3) is 5.65 Å². The fourth-order valence-electron chi connectivity index (χ4n) is 3.91. The van der Waals surface area contributed by atoms with Gasteiger partial charge in [-0.2, -0.15) is 13.2 Å². The first-order chi connectivity index (χ1) is 14.1. The number of nitrogens with zero attached hydrogens (tertiary/aromatic N) is 4. The largest absolute Gasteiger partial charge is 0.478 e. The maximum absolute atomic E-state index is 13.8. The Morgan fingerprint density at radius 3 is 2.73 bits per heavy atom. The van der Waals surface area contributed by atoms with Crippen LogP contribution < -0.4 is 10.2 Å². The second-order valence-electron chi connectivity index (χ2n) is 7.63. The van der Waals surface area contributed by atoms with E-state index in [0.29, 0.717) is 24.6 Å². The maximum atomic E-state index is 13.8. The molecule has 160 valence electrons. The normalized spacial score (nSPS) is 20.4. The van der Waals surface area contributed by atoms with E-state index in [9.17, 15) is 23.1 Å². The SMILES string of the molecule is Cc1cn2cc(N3CC(C(=O)O)=CC=C3N3CCNC(C)C3)cc(C(F)(F)F)c2n1. The van der Waals surface area contributed by atoms with Crippen molar-refractivity contribution in [3.8, 4) is 0 Å². The Labute approximate surface area is 171 Å². The first kappa shape index (κ1) is 20.3. The summed E-state index contributed by atoms with van der Waals surface area (Å²) in [5.41, 5.74) is -0.188. The summed E-state index contributed by atoms with van der Waals surface area (Å²) >= 11 is 0. The Morgan fingerprint density at radius 2 is 2.07 bits per heavy atom. The molecule has 0 radical (unpaired) electrons. The van der Waals surface area contributed by atoms with Crippen molar-refractivity contribution < 1.29 is 23.1 Å². The van der Waals surface area contributed by atoms with E-state index in [1.54, 1.807) is 24.1 Å². The van der Waals surface area contributed by atoms with E-state index in [2.05, 4.69) is 15.2 Å². The van der Waals surface area contributed by atoms with Gasteiger partial charge < -0.3 is 24.6 Å². The highest BCUT2D eigenvalue weighted by atomic mass is 19.4. The molecule has 4 rings (SSSR count). The summed E-state index contributed by atoms with van der Waals surface area (Å²) in [6, 6.07) is 1.25. The number of allylic oxidation sites excluding steroid dienone is 2. The molecule has 0 spiro atoms. The van der Waals surface area contributed by atoms with Crippen molar-refractivity contribution in [3.05, 3.63) is 53.3 Å². The number of piperazine rings is 1. The molecule has 10 heteroatoms. The molecule has 2 aliphatic heterocycles. The highest BCUT2D eigenvalue weighted by Crippen LogP contribution is 2.36. The number of aliphatic carboxylic acids is 1. The Hall–Kier alpha value is -3.01. The van der Waals surface area contributed by atoms with Gasteiger partial charge in [-0.25, -0.2) is 9.78 Å². The van der Waals surface area contributed by atoms with Crippen LogP contribution in [0.2, 0.25) is 0 Å². The van der Waals surface area contributed by atoms with Crippen LogP contribution in [-0.4, -0.2) is 57.6 Å². The van der Waals surface area contributed by atoms with Crippen molar-refractivity contribution in [1.29, 1.82) is 0 Å². The number of carboxylic acids is 1. The molecule has 2 aromatic heterocycles. The van der Waals surface area contributed by atoms with Crippen molar-refractivity contribution in [1.82, 2.24) is 19.6 Å². The average Bonchev–Trinajstić information content (AvgIpc) is 3.05. The summed E-state index contributed by atoms with van der Waals surface area (Å²) in [5.74, 6) is -0.419. The van der Waals surface area contributed by atoms with Gasteiger partial charge in [0.25, 0.3) is 0 Å². The minimum absolute atomic E-state index is 0.0318. The van der Waals surface area contributed by atoms with Crippen LogP contribution in [0.15, 0.2) is 42.0 Å². The summed E-state index contributed by atoms with van der Waals surface area (Å²) in [6.07, 6.45) is 1.69. The Bertz CT molecular complexity index is 1060. The zero-order chi connectivity index (χ0) is 21.6. The van der Waals surface area contributed by atoms with Crippen molar-refractivity contribution in [2.45, 2.75) is 26.1 Å². The number of alkyl halides is 3. The second-order valence-corrected chi connectivity index (χ2v) is 7.63. The van der Waals surface area contributed by atoms with E-state index in [4.69, 9.17) is 0 Å². The van der Waals surface area contributed by atoms with Crippen molar-refractivity contribution in [2.24, 2.45) is 0 Å². The molecule has 0 amide bonds. The quantitative estimate of drug-likeness (QED) is 0.794. The lowest BCUT2D eigenvalue weighted by Gasteiger charge is -2.41. The van der Waals surface area contributed by atoms with Crippen molar-refractivity contribution in [3.63, 3.8) is 0 Å². The topological polar surface area (TPSA) is 73.1 Å². The highest BCUT2D eigenvalue weighted by Gasteiger charge is 2.36. The van der Waals surface area contributed by atoms with Gasteiger partial charge in [-0.05, 0) is 32.1 Å². The molecule has 4 heterocycles. The van der Waals surface area contributed by atoms with Gasteiger partial charge in [0.2, 0.25) is 0 Å². The molecule has 1 fully saturated rings. The van der Waals surface area contributed by atoms with Crippen LogP contribution in [0.1, 0.15) is 18.2 Å². The molecule has 1 atom stereocenters. The van der Waals surface area contributed by atoms with Gasteiger partial charge >= 0.3 is 12.1 Å². The number of hydrogen-bond donors (Lipinski definition) is 2. The lowest BCUT2D eigenvalue weighted by Crippen LogP contribution is -2.52. The average molecular weight is 421 g/mol. The number of halogens is 3. The van der Waals surface area contributed by atoms with E-state index in [1.165, 1.54) is 16.7 Å². The molecule has 2 N–H and O–H groups in total. The van der Waals surface area contributed by atoms with Crippen LogP contribution in [0.5, 0.6) is 0 Å². The molecule has 1 unspecified atom stereocenters. The third-order valence-corrected chi connectivity index (χ3v) is 5.28. The van der Waals surface area contributed by atoms with Crippen LogP contribution in [-0.2, 0) is 11.0 Å². The van der Waals surface area contributed by atoms with Gasteiger partial charge in [0.1, 0.15) is 17.0 Å². The minimum atomic E-state index is -4.59. The molecule has 2 aromatic rings. The zero-order valence-electron chi connectivity index (χ0n) is 16.6. The molecule has 7 nitrogen and oxygen atoms in total. The zero-order valence-corrected chi connectivity index (χ0v) is 16.6. The number of hydrogen-bond acceptors (Lipinski definition) is 5. The van der Waals surface area contributed by atoms with Gasteiger partial charge in [-0.15, -0.1) is 0 Å². The molecule has 30 heavy (non-hydrogen) atoms. The van der Waals surface area contributed by atoms with Crippen molar-refractivity contribution in [2.75, 3.05) is 31.1 Å². The van der Waals surface area contributed by atoms with Gasteiger partial charge in [-0.3, -0.25) is 0 Å². The molecule has 0 bridgehead atoms. The van der Waals surface area contributed by atoms with Gasteiger partial charge in [0.05, 0.1) is 23.5 Å². The lowest BCUT2D eigenvalue weighted by atomic mass is 10.1. The first-order valence-corrected chi connectivity index (χ1v) is 9.60. The molecule has 1 saturated heterocycles. The Balaban J connectivity index is 1.83. The summed E-state index contributed by atoms with van der Waals surface area (Å²) in [5, 5.41) is 12.8. The predicted molar refractivity (Wildman–Crippen MR) is 105 cm³/mol. The summed E-state index contributed by atoms with van der Waals surface area (Å²) in [7, 11) is 0. The standard InChI is InChI=1S/C20H22F3N5O2/c1-12-8-26(6-5-24-12)17-4-3-14(19(29)30)10-28(17)15-7-16(20(21,22)23)18-25-13(2)9-27(18)11-15/h3-4,7,9,11-12,24H,5-6,8,10H2,1-2H3,(H,29,30). The van der Waals surface area contributed by atoms with Crippen LogP contribution in [0, 0.1) is 6.92 Å². The molecule has 2 aliphatic rings. The summed E-state index contributed by atoms with van der Waals surface area (Å²) < 4.78 is 42.7. The molecule has 0 aliphatic carbocycles. The maximum Gasteiger partial charge on any atom is 0.420 e.